The zero-order valence-electron chi connectivity index (χ0n) is 13.1. The lowest BCUT2D eigenvalue weighted by Gasteiger charge is -2.26. The van der Waals surface area contributed by atoms with E-state index in [-0.39, 0.29) is 0 Å². The fourth-order valence-electron chi connectivity index (χ4n) is 2.44. The van der Waals surface area contributed by atoms with Crippen molar-refractivity contribution in [2.45, 2.75) is 18.9 Å². The van der Waals surface area contributed by atoms with Crippen LogP contribution in [0.25, 0.3) is 0 Å². The summed E-state index contributed by atoms with van der Waals surface area (Å²) in [5.74, 6) is 1.99. The molecule has 7 nitrogen and oxygen atoms in total. The van der Waals surface area contributed by atoms with Gasteiger partial charge in [-0.15, -0.1) is 0 Å². The predicted octanol–water partition coefficient (Wildman–Crippen LogP) is 0.510. The molecule has 0 saturated carbocycles. The van der Waals surface area contributed by atoms with Crippen molar-refractivity contribution in [1.29, 1.82) is 0 Å². The number of nitrogens with zero attached hydrogens (tertiary/aromatic N) is 6. The van der Waals surface area contributed by atoms with Gasteiger partial charge in [0.1, 0.15) is 0 Å². The van der Waals surface area contributed by atoms with Gasteiger partial charge in [0, 0.05) is 40.8 Å². The van der Waals surface area contributed by atoms with Crippen LogP contribution in [0.1, 0.15) is 12.8 Å². The first-order valence-electron chi connectivity index (χ1n) is 7.03. The molecule has 1 aromatic rings. The number of likely N-dealkylation sites (tertiary alicyclic amines) is 1. The van der Waals surface area contributed by atoms with Crippen LogP contribution in [0, 0.1) is 0 Å². The van der Waals surface area contributed by atoms with Crippen molar-refractivity contribution < 1.29 is 0 Å². The Hall–Kier alpha value is -1.63. The summed E-state index contributed by atoms with van der Waals surface area (Å²) in [6.45, 7) is 2.12. The third kappa shape index (κ3) is 3.27. The van der Waals surface area contributed by atoms with E-state index in [0.29, 0.717) is 23.9 Å². The number of aromatic nitrogens is 3. The van der Waals surface area contributed by atoms with Crippen LogP contribution in [0.5, 0.6) is 0 Å². The molecule has 1 fully saturated rings. The number of rotatable bonds is 5. The average Bonchev–Trinajstić information content (AvgIpc) is 2.83. The third-order valence-electron chi connectivity index (χ3n) is 3.73. The zero-order chi connectivity index (χ0) is 14.7. The normalized spacial score (nSPS) is 19.1. The van der Waals surface area contributed by atoms with Crippen molar-refractivity contribution in [3.05, 3.63) is 0 Å². The minimum atomic E-state index is 0.581. The molecule has 0 amide bonds. The highest BCUT2D eigenvalue weighted by Gasteiger charge is 2.23. The third-order valence-corrected chi connectivity index (χ3v) is 3.73. The second-order valence-electron chi connectivity index (χ2n) is 5.56. The number of nitrogens with one attached hydrogen (secondary N) is 1. The van der Waals surface area contributed by atoms with Crippen LogP contribution in [-0.2, 0) is 0 Å². The molecule has 0 aromatic carbocycles. The minimum absolute atomic E-state index is 0.581. The molecule has 2 rings (SSSR count). The molecular weight excluding hydrogens is 254 g/mol. The minimum Gasteiger partial charge on any atom is -0.357 e. The van der Waals surface area contributed by atoms with E-state index in [4.69, 9.17) is 0 Å². The molecule has 112 valence electrons. The molecule has 1 saturated heterocycles. The monoisotopic (exact) mass is 279 g/mol. The molecule has 1 unspecified atom stereocenters. The molecule has 0 bridgehead atoms. The van der Waals surface area contributed by atoms with Crippen LogP contribution in [0.15, 0.2) is 0 Å². The van der Waals surface area contributed by atoms with Crippen LogP contribution < -0.4 is 15.1 Å². The van der Waals surface area contributed by atoms with Gasteiger partial charge in [0.25, 0.3) is 0 Å². The largest absolute Gasteiger partial charge is 0.357 e. The van der Waals surface area contributed by atoms with E-state index in [9.17, 15) is 0 Å². The summed E-state index contributed by atoms with van der Waals surface area (Å²) in [6, 6.07) is 0.581. The van der Waals surface area contributed by atoms with Crippen molar-refractivity contribution in [2.75, 3.05) is 63.4 Å². The van der Waals surface area contributed by atoms with Gasteiger partial charge < -0.3 is 20.0 Å². The standard InChI is InChI=1S/C13H25N7/c1-14-11-15-12(18(2)3)17-13(16-11)20(5)9-10-7-6-8-19(10)4/h10H,6-9H2,1-5H3,(H,14,15,16,17). The molecule has 1 aromatic heterocycles. The number of anilines is 3. The molecule has 1 atom stereocenters. The number of likely N-dealkylation sites (N-methyl/N-ethyl adjacent to an activating group) is 2. The maximum atomic E-state index is 4.52. The smallest absolute Gasteiger partial charge is 0.231 e. The molecule has 0 aliphatic carbocycles. The maximum Gasteiger partial charge on any atom is 0.231 e. The summed E-state index contributed by atoms with van der Waals surface area (Å²) >= 11 is 0. The topological polar surface area (TPSA) is 60.4 Å². The van der Waals surface area contributed by atoms with Gasteiger partial charge >= 0.3 is 0 Å². The summed E-state index contributed by atoms with van der Waals surface area (Å²) in [5, 5.41) is 2.99. The van der Waals surface area contributed by atoms with E-state index in [1.54, 1.807) is 0 Å². The van der Waals surface area contributed by atoms with Gasteiger partial charge in [0.05, 0.1) is 0 Å². The van der Waals surface area contributed by atoms with Crippen molar-refractivity contribution >= 4 is 17.8 Å². The number of hydrogen-bond acceptors (Lipinski definition) is 7. The maximum absolute atomic E-state index is 4.52. The summed E-state index contributed by atoms with van der Waals surface area (Å²) in [7, 11) is 9.92. The Morgan fingerprint density at radius 3 is 2.45 bits per heavy atom. The van der Waals surface area contributed by atoms with E-state index < -0.39 is 0 Å². The van der Waals surface area contributed by atoms with Gasteiger partial charge in [-0.2, -0.15) is 15.0 Å². The van der Waals surface area contributed by atoms with Gasteiger partial charge in [0.2, 0.25) is 17.8 Å². The lowest BCUT2D eigenvalue weighted by Crippen LogP contribution is -2.37. The molecule has 20 heavy (non-hydrogen) atoms. The second kappa shape index (κ2) is 6.21. The van der Waals surface area contributed by atoms with Gasteiger partial charge in [-0.3, -0.25) is 0 Å². The highest BCUT2D eigenvalue weighted by Crippen LogP contribution is 2.19. The molecule has 0 radical (unpaired) electrons. The summed E-state index contributed by atoms with van der Waals surface area (Å²) < 4.78 is 0. The Labute approximate surface area is 121 Å². The molecule has 2 heterocycles. The first-order valence-corrected chi connectivity index (χ1v) is 7.03. The SMILES string of the molecule is CNc1nc(N(C)C)nc(N(C)CC2CCCN2C)n1. The number of hydrogen-bond donors (Lipinski definition) is 1. The Kier molecular flexibility index (Phi) is 4.59. The molecular formula is C13H25N7. The van der Waals surface area contributed by atoms with Crippen LogP contribution >= 0.6 is 0 Å². The van der Waals surface area contributed by atoms with Crippen molar-refractivity contribution in [1.82, 2.24) is 19.9 Å². The van der Waals surface area contributed by atoms with Gasteiger partial charge in [0.15, 0.2) is 0 Å². The van der Waals surface area contributed by atoms with E-state index >= 15 is 0 Å². The lowest BCUT2D eigenvalue weighted by molar-refractivity contribution is 0.313. The van der Waals surface area contributed by atoms with Crippen LogP contribution in [-0.4, -0.2) is 74.2 Å². The van der Waals surface area contributed by atoms with Gasteiger partial charge in [-0.05, 0) is 26.4 Å². The van der Waals surface area contributed by atoms with Crippen LogP contribution in [0.2, 0.25) is 0 Å². The first-order chi connectivity index (χ1) is 9.51. The van der Waals surface area contributed by atoms with E-state index in [0.717, 1.165) is 6.54 Å². The predicted molar refractivity (Wildman–Crippen MR) is 82.6 cm³/mol. The lowest BCUT2D eigenvalue weighted by atomic mass is 10.2. The van der Waals surface area contributed by atoms with Crippen molar-refractivity contribution in [3.8, 4) is 0 Å². The zero-order valence-corrected chi connectivity index (χ0v) is 13.1. The molecule has 1 aliphatic rings. The summed E-state index contributed by atoms with van der Waals surface area (Å²) in [5.41, 5.74) is 0. The fraction of sp³-hybridized carbons (Fsp3) is 0.769. The first kappa shape index (κ1) is 14.8. The molecule has 0 spiro atoms. The van der Waals surface area contributed by atoms with Crippen molar-refractivity contribution in [3.63, 3.8) is 0 Å². The van der Waals surface area contributed by atoms with Crippen molar-refractivity contribution in [2.24, 2.45) is 0 Å². The van der Waals surface area contributed by atoms with E-state index in [2.05, 4.69) is 37.1 Å². The highest BCUT2D eigenvalue weighted by atomic mass is 15.3. The summed E-state index contributed by atoms with van der Waals surface area (Å²) in [4.78, 5) is 19.7. The quantitative estimate of drug-likeness (QED) is 0.842. The average molecular weight is 279 g/mol. The fourth-order valence-corrected chi connectivity index (χ4v) is 2.44. The Morgan fingerprint density at radius 2 is 1.90 bits per heavy atom. The molecule has 1 N–H and O–H groups in total. The van der Waals surface area contributed by atoms with Crippen LogP contribution in [0.3, 0.4) is 0 Å². The molecule has 1 aliphatic heterocycles. The van der Waals surface area contributed by atoms with E-state index in [1.165, 1.54) is 19.4 Å². The Bertz CT molecular complexity index is 448. The van der Waals surface area contributed by atoms with Gasteiger partial charge in [-0.1, -0.05) is 0 Å². The Balaban J connectivity index is 2.15. The van der Waals surface area contributed by atoms with Crippen LogP contribution in [0.4, 0.5) is 17.8 Å². The molecule has 7 heteroatoms. The van der Waals surface area contributed by atoms with E-state index in [1.807, 2.05) is 33.1 Å². The summed E-state index contributed by atoms with van der Waals surface area (Å²) in [6.07, 6.45) is 2.52. The Morgan fingerprint density at radius 1 is 1.20 bits per heavy atom. The highest BCUT2D eigenvalue weighted by molar-refractivity contribution is 5.43. The van der Waals surface area contributed by atoms with Gasteiger partial charge in [-0.25, -0.2) is 0 Å². The second-order valence-corrected chi connectivity index (χ2v) is 5.56.